The van der Waals surface area contributed by atoms with Gasteiger partial charge in [-0.3, -0.25) is 9.59 Å². The van der Waals surface area contributed by atoms with E-state index in [1.807, 2.05) is 32.9 Å². The normalized spacial score (nSPS) is 22.3. The zero-order chi connectivity index (χ0) is 20.4. The summed E-state index contributed by atoms with van der Waals surface area (Å²) in [5.41, 5.74) is 3.91. The third-order valence-corrected chi connectivity index (χ3v) is 6.87. The molecule has 1 heterocycles. The molecule has 0 aromatic heterocycles. The quantitative estimate of drug-likeness (QED) is 0.549. The van der Waals surface area contributed by atoms with Crippen LogP contribution in [0.4, 0.5) is 5.69 Å². The Morgan fingerprint density at radius 3 is 2.19 bits per heavy atom. The SMILES string of the molecule is Cc1cc(C)c(NC(=O)C[NH+](C)CC(=O)N[C@H]2CS(=O)(=O)C[C@@H]2Cl)c(C)c1. The van der Waals surface area contributed by atoms with Crippen molar-refractivity contribution in [2.75, 3.05) is 37.0 Å². The number of halogens is 1. The molecular weight excluding hydrogens is 390 g/mol. The van der Waals surface area contributed by atoms with E-state index < -0.39 is 21.3 Å². The van der Waals surface area contributed by atoms with E-state index in [9.17, 15) is 18.0 Å². The Morgan fingerprint density at radius 2 is 1.67 bits per heavy atom. The first-order valence-electron chi connectivity index (χ1n) is 8.79. The summed E-state index contributed by atoms with van der Waals surface area (Å²) in [5, 5.41) is 4.95. The second-order valence-electron chi connectivity index (χ2n) is 7.40. The largest absolute Gasteiger partial charge is 0.346 e. The molecule has 9 heteroatoms. The van der Waals surface area contributed by atoms with Crippen LogP contribution in [0.5, 0.6) is 0 Å². The van der Waals surface area contributed by atoms with Gasteiger partial charge in [0.05, 0.1) is 30.0 Å². The zero-order valence-electron chi connectivity index (χ0n) is 16.1. The van der Waals surface area contributed by atoms with E-state index in [2.05, 4.69) is 10.6 Å². The monoisotopic (exact) mass is 416 g/mol. The lowest BCUT2D eigenvalue weighted by molar-refractivity contribution is -0.862. The number of benzene rings is 1. The van der Waals surface area contributed by atoms with Crippen LogP contribution >= 0.6 is 11.6 Å². The third kappa shape index (κ3) is 6.19. The Balaban J connectivity index is 1.85. The van der Waals surface area contributed by atoms with Crippen molar-refractivity contribution in [3.8, 4) is 0 Å². The summed E-state index contributed by atoms with van der Waals surface area (Å²) < 4.78 is 23.1. The van der Waals surface area contributed by atoms with E-state index in [4.69, 9.17) is 11.6 Å². The molecule has 3 N–H and O–H groups in total. The molecule has 1 unspecified atom stereocenters. The van der Waals surface area contributed by atoms with Crippen molar-refractivity contribution >= 4 is 38.9 Å². The molecule has 1 aliphatic heterocycles. The van der Waals surface area contributed by atoms with Gasteiger partial charge in [0, 0.05) is 5.69 Å². The summed E-state index contributed by atoms with van der Waals surface area (Å²) in [4.78, 5) is 25.1. The van der Waals surface area contributed by atoms with Crippen molar-refractivity contribution in [1.29, 1.82) is 0 Å². The van der Waals surface area contributed by atoms with Gasteiger partial charge in [-0.15, -0.1) is 11.6 Å². The average molecular weight is 417 g/mol. The molecule has 150 valence electrons. The number of carbonyl (C=O) groups excluding carboxylic acids is 2. The maximum Gasteiger partial charge on any atom is 0.279 e. The minimum absolute atomic E-state index is 0.0550. The Hall–Kier alpha value is -1.64. The van der Waals surface area contributed by atoms with Crippen LogP contribution < -0.4 is 15.5 Å². The number of aryl methyl sites for hydroxylation is 3. The number of carbonyl (C=O) groups is 2. The van der Waals surface area contributed by atoms with Crippen LogP contribution in [-0.4, -0.2) is 63.3 Å². The number of anilines is 1. The molecule has 0 saturated carbocycles. The van der Waals surface area contributed by atoms with Gasteiger partial charge in [-0.25, -0.2) is 8.42 Å². The van der Waals surface area contributed by atoms with Gasteiger partial charge in [-0.1, -0.05) is 17.7 Å². The summed E-state index contributed by atoms with van der Waals surface area (Å²) in [5.74, 6) is -0.775. The van der Waals surface area contributed by atoms with Crippen molar-refractivity contribution < 1.29 is 22.9 Å². The van der Waals surface area contributed by atoms with Crippen molar-refractivity contribution in [2.24, 2.45) is 0 Å². The van der Waals surface area contributed by atoms with E-state index in [-0.39, 0.29) is 36.4 Å². The van der Waals surface area contributed by atoms with Crippen LogP contribution in [-0.2, 0) is 19.4 Å². The highest BCUT2D eigenvalue weighted by atomic mass is 35.5. The van der Waals surface area contributed by atoms with Gasteiger partial charge in [-0.05, 0) is 31.9 Å². The summed E-state index contributed by atoms with van der Waals surface area (Å²) >= 11 is 5.99. The van der Waals surface area contributed by atoms with Gasteiger partial charge in [0.2, 0.25) is 0 Å². The summed E-state index contributed by atoms with van der Waals surface area (Å²) in [7, 11) is -1.47. The van der Waals surface area contributed by atoms with Gasteiger partial charge in [0.25, 0.3) is 11.8 Å². The molecule has 3 atom stereocenters. The average Bonchev–Trinajstić information content (AvgIpc) is 2.74. The fraction of sp³-hybridized carbons (Fsp3) is 0.556. The molecule has 1 aliphatic rings. The topological polar surface area (TPSA) is 96.8 Å². The van der Waals surface area contributed by atoms with Crippen LogP contribution in [0.2, 0.25) is 0 Å². The van der Waals surface area contributed by atoms with Gasteiger partial charge < -0.3 is 15.5 Å². The lowest BCUT2D eigenvalue weighted by Crippen LogP contribution is -3.11. The molecular formula is C18H27ClN3O4S+. The predicted octanol–water partition coefficient (Wildman–Crippen LogP) is -0.414. The maximum atomic E-state index is 12.3. The maximum absolute atomic E-state index is 12.3. The number of rotatable bonds is 6. The first kappa shape index (κ1) is 21.7. The van der Waals surface area contributed by atoms with Crippen LogP contribution in [0.3, 0.4) is 0 Å². The fourth-order valence-electron chi connectivity index (χ4n) is 3.37. The molecule has 7 nitrogen and oxygen atoms in total. The van der Waals surface area contributed by atoms with Gasteiger partial charge >= 0.3 is 0 Å². The molecule has 0 spiro atoms. The molecule has 1 saturated heterocycles. The number of amides is 2. The van der Waals surface area contributed by atoms with Crippen LogP contribution in [0.15, 0.2) is 12.1 Å². The minimum Gasteiger partial charge on any atom is -0.346 e. The van der Waals surface area contributed by atoms with E-state index >= 15 is 0 Å². The second-order valence-corrected chi connectivity index (χ2v) is 10.1. The first-order valence-corrected chi connectivity index (χ1v) is 11.1. The summed E-state index contributed by atoms with van der Waals surface area (Å²) in [6, 6.07) is 3.43. The second kappa shape index (κ2) is 8.58. The lowest BCUT2D eigenvalue weighted by Gasteiger charge is -2.18. The van der Waals surface area contributed by atoms with Crippen molar-refractivity contribution in [2.45, 2.75) is 32.2 Å². The third-order valence-electron chi connectivity index (χ3n) is 4.50. The van der Waals surface area contributed by atoms with E-state index in [1.54, 1.807) is 7.05 Å². The highest BCUT2D eigenvalue weighted by Gasteiger charge is 2.37. The Morgan fingerprint density at radius 1 is 1.11 bits per heavy atom. The number of hydrogen-bond acceptors (Lipinski definition) is 4. The smallest absolute Gasteiger partial charge is 0.279 e. The van der Waals surface area contributed by atoms with E-state index in [0.29, 0.717) is 4.90 Å². The first-order chi connectivity index (χ1) is 12.5. The number of alkyl halides is 1. The predicted molar refractivity (Wildman–Crippen MR) is 106 cm³/mol. The van der Waals surface area contributed by atoms with Crippen molar-refractivity contribution in [3.05, 3.63) is 28.8 Å². The van der Waals surface area contributed by atoms with Crippen molar-refractivity contribution in [3.63, 3.8) is 0 Å². The number of sulfone groups is 1. The highest BCUT2D eigenvalue weighted by Crippen LogP contribution is 2.21. The zero-order valence-corrected chi connectivity index (χ0v) is 17.6. The van der Waals surface area contributed by atoms with Crippen LogP contribution in [0.1, 0.15) is 16.7 Å². The Bertz CT molecular complexity index is 818. The van der Waals surface area contributed by atoms with E-state index in [0.717, 1.165) is 22.4 Å². The number of hydrogen-bond donors (Lipinski definition) is 3. The fourth-order valence-corrected chi connectivity index (χ4v) is 5.92. The summed E-state index contributed by atoms with van der Waals surface area (Å²) in [6.45, 7) is 6.06. The summed E-state index contributed by atoms with van der Waals surface area (Å²) in [6.07, 6.45) is 0. The molecule has 2 amide bonds. The minimum atomic E-state index is -3.20. The number of quaternary nitrogens is 1. The molecule has 0 radical (unpaired) electrons. The standard InChI is InChI=1S/C18H26ClN3O4S/c1-11-5-12(2)18(13(3)6-11)21-17(24)8-22(4)7-16(23)20-15-10-27(25,26)9-14(15)19/h5-6,14-15H,7-10H2,1-4H3,(H,20,23)(H,21,24)/p+1/t14-,15-/m0/s1. The number of nitrogens with one attached hydrogen (secondary N) is 3. The number of likely N-dealkylation sites (N-methyl/N-ethyl adjacent to an activating group) is 1. The van der Waals surface area contributed by atoms with E-state index in [1.165, 1.54) is 0 Å². The Kier molecular flexibility index (Phi) is 6.88. The highest BCUT2D eigenvalue weighted by molar-refractivity contribution is 7.91. The van der Waals surface area contributed by atoms with Gasteiger partial charge in [-0.2, -0.15) is 0 Å². The molecule has 27 heavy (non-hydrogen) atoms. The molecule has 2 rings (SSSR count). The molecule has 1 aromatic carbocycles. The van der Waals surface area contributed by atoms with Gasteiger partial charge in [0.15, 0.2) is 22.9 Å². The molecule has 0 aliphatic carbocycles. The molecule has 0 bridgehead atoms. The Labute approximate surface area is 165 Å². The van der Waals surface area contributed by atoms with Gasteiger partial charge in [0.1, 0.15) is 0 Å². The molecule has 1 fully saturated rings. The van der Waals surface area contributed by atoms with Crippen LogP contribution in [0.25, 0.3) is 0 Å². The lowest BCUT2D eigenvalue weighted by atomic mass is 10.1. The van der Waals surface area contributed by atoms with Crippen molar-refractivity contribution in [1.82, 2.24) is 5.32 Å². The van der Waals surface area contributed by atoms with Crippen LogP contribution in [0, 0.1) is 20.8 Å². The molecule has 1 aromatic rings.